The van der Waals surface area contributed by atoms with Crippen molar-refractivity contribution in [2.75, 3.05) is 13.2 Å². The summed E-state index contributed by atoms with van der Waals surface area (Å²) >= 11 is 7.85. The SMILES string of the molecule is CCNC(c1cc(C)c(Cl)s1)C1(C)CCCO1. The first-order chi connectivity index (χ1) is 8.07. The van der Waals surface area contributed by atoms with Gasteiger partial charge < -0.3 is 10.1 Å². The van der Waals surface area contributed by atoms with Gasteiger partial charge in [-0.15, -0.1) is 11.3 Å². The van der Waals surface area contributed by atoms with Crippen LogP contribution in [-0.2, 0) is 4.74 Å². The van der Waals surface area contributed by atoms with E-state index in [1.54, 1.807) is 11.3 Å². The molecule has 2 unspecified atom stereocenters. The van der Waals surface area contributed by atoms with E-state index >= 15 is 0 Å². The van der Waals surface area contributed by atoms with Crippen LogP contribution in [0.1, 0.15) is 43.2 Å². The van der Waals surface area contributed by atoms with Crippen molar-refractivity contribution in [1.82, 2.24) is 5.32 Å². The van der Waals surface area contributed by atoms with E-state index in [-0.39, 0.29) is 11.6 Å². The summed E-state index contributed by atoms with van der Waals surface area (Å²) in [6.45, 7) is 8.21. The Kier molecular flexibility index (Phi) is 4.14. The van der Waals surface area contributed by atoms with Crippen LogP contribution in [0.4, 0.5) is 0 Å². The van der Waals surface area contributed by atoms with Crippen molar-refractivity contribution in [3.05, 3.63) is 20.8 Å². The van der Waals surface area contributed by atoms with Crippen molar-refractivity contribution in [3.8, 4) is 0 Å². The van der Waals surface area contributed by atoms with Crippen molar-refractivity contribution in [2.24, 2.45) is 0 Å². The van der Waals surface area contributed by atoms with E-state index in [1.165, 1.54) is 4.88 Å². The molecule has 1 aromatic rings. The fourth-order valence-corrected chi connectivity index (χ4v) is 3.91. The Morgan fingerprint density at radius 2 is 2.41 bits per heavy atom. The first kappa shape index (κ1) is 13.3. The van der Waals surface area contributed by atoms with Gasteiger partial charge in [-0.1, -0.05) is 18.5 Å². The molecule has 2 atom stereocenters. The van der Waals surface area contributed by atoms with E-state index < -0.39 is 0 Å². The number of ether oxygens (including phenoxy) is 1. The lowest BCUT2D eigenvalue weighted by Gasteiger charge is -2.33. The van der Waals surface area contributed by atoms with E-state index in [2.05, 4.69) is 32.2 Å². The van der Waals surface area contributed by atoms with Crippen LogP contribution in [-0.4, -0.2) is 18.8 Å². The molecule has 2 heterocycles. The van der Waals surface area contributed by atoms with E-state index in [9.17, 15) is 0 Å². The second-order valence-electron chi connectivity index (χ2n) is 4.86. The average Bonchev–Trinajstić information content (AvgIpc) is 2.84. The molecule has 0 amide bonds. The number of thiophene rings is 1. The Bertz CT molecular complexity index is 365. The van der Waals surface area contributed by atoms with E-state index in [4.69, 9.17) is 16.3 Å². The maximum Gasteiger partial charge on any atom is 0.0960 e. The highest BCUT2D eigenvalue weighted by Crippen LogP contribution is 2.41. The highest BCUT2D eigenvalue weighted by molar-refractivity contribution is 7.16. The second-order valence-corrected chi connectivity index (χ2v) is 6.55. The maximum atomic E-state index is 6.18. The van der Waals surface area contributed by atoms with E-state index in [0.29, 0.717) is 0 Å². The average molecular weight is 274 g/mol. The van der Waals surface area contributed by atoms with Crippen LogP contribution in [0.15, 0.2) is 6.07 Å². The lowest BCUT2D eigenvalue weighted by molar-refractivity contribution is -0.0111. The van der Waals surface area contributed by atoms with Gasteiger partial charge in [-0.3, -0.25) is 0 Å². The molecule has 0 bridgehead atoms. The minimum Gasteiger partial charge on any atom is -0.373 e. The molecule has 4 heteroatoms. The van der Waals surface area contributed by atoms with Crippen LogP contribution in [0.25, 0.3) is 0 Å². The van der Waals surface area contributed by atoms with Gasteiger partial charge in [0.05, 0.1) is 16.0 Å². The third-order valence-electron chi connectivity index (χ3n) is 3.43. The molecule has 2 rings (SSSR count). The first-order valence-corrected chi connectivity index (χ1v) is 7.39. The zero-order valence-corrected chi connectivity index (χ0v) is 12.3. The van der Waals surface area contributed by atoms with Crippen LogP contribution < -0.4 is 5.32 Å². The molecule has 0 aromatic carbocycles. The summed E-state index contributed by atoms with van der Waals surface area (Å²) in [4.78, 5) is 1.29. The summed E-state index contributed by atoms with van der Waals surface area (Å²) < 4.78 is 6.85. The third kappa shape index (κ3) is 2.68. The van der Waals surface area contributed by atoms with Crippen LogP contribution in [0.2, 0.25) is 4.34 Å². The van der Waals surface area contributed by atoms with Gasteiger partial charge in [0, 0.05) is 11.5 Å². The van der Waals surface area contributed by atoms with E-state index in [0.717, 1.165) is 35.9 Å². The van der Waals surface area contributed by atoms with Crippen LogP contribution in [0.3, 0.4) is 0 Å². The number of halogens is 1. The number of likely N-dealkylation sites (N-methyl/N-ethyl adjacent to an activating group) is 1. The quantitative estimate of drug-likeness (QED) is 0.898. The van der Waals surface area contributed by atoms with Crippen molar-refractivity contribution >= 4 is 22.9 Å². The summed E-state index contributed by atoms with van der Waals surface area (Å²) in [6.07, 6.45) is 2.26. The second kappa shape index (κ2) is 5.27. The molecule has 1 aliphatic rings. The molecule has 1 saturated heterocycles. The monoisotopic (exact) mass is 273 g/mol. The summed E-state index contributed by atoms with van der Waals surface area (Å²) in [5, 5.41) is 3.55. The summed E-state index contributed by atoms with van der Waals surface area (Å²) in [5.41, 5.74) is 1.08. The fraction of sp³-hybridized carbons (Fsp3) is 0.692. The largest absolute Gasteiger partial charge is 0.373 e. The Morgan fingerprint density at radius 1 is 1.65 bits per heavy atom. The molecule has 17 heavy (non-hydrogen) atoms. The maximum absolute atomic E-state index is 6.18. The highest BCUT2D eigenvalue weighted by Gasteiger charge is 2.39. The van der Waals surface area contributed by atoms with Crippen LogP contribution in [0, 0.1) is 6.92 Å². The van der Waals surface area contributed by atoms with Crippen molar-refractivity contribution in [3.63, 3.8) is 0 Å². The molecular weight excluding hydrogens is 254 g/mol. The number of hydrogen-bond acceptors (Lipinski definition) is 3. The smallest absolute Gasteiger partial charge is 0.0960 e. The molecule has 1 aromatic heterocycles. The highest BCUT2D eigenvalue weighted by atomic mass is 35.5. The molecule has 1 aliphatic heterocycles. The lowest BCUT2D eigenvalue weighted by Crippen LogP contribution is -2.40. The van der Waals surface area contributed by atoms with Gasteiger partial charge in [-0.05, 0) is 44.9 Å². The fourth-order valence-electron chi connectivity index (χ4n) is 2.48. The van der Waals surface area contributed by atoms with Crippen molar-refractivity contribution in [1.29, 1.82) is 0 Å². The standard InChI is InChI=1S/C13H20ClNOS/c1-4-15-11(13(3)6-5-7-16-13)10-8-9(2)12(14)17-10/h8,11,15H,4-7H2,1-3H3. The lowest BCUT2D eigenvalue weighted by atomic mass is 9.91. The molecule has 0 radical (unpaired) electrons. The first-order valence-electron chi connectivity index (χ1n) is 6.20. The number of hydrogen-bond donors (Lipinski definition) is 1. The minimum absolute atomic E-state index is 0.0867. The van der Waals surface area contributed by atoms with Crippen molar-refractivity contribution < 1.29 is 4.74 Å². The van der Waals surface area contributed by atoms with Gasteiger partial charge in [0.1, 0.15) is 0 Å². The van der Waals surface area contributed by atoms with Crippen LogP contribution >= 0.6 is 22.9 Å². The minimum atomic E-state index is -0.0867. The summed E-state index contributed by atoms with van der Waals surface area (Å²) in [7, 11) is 0. The Morgan fingerprint density at radius 3 is 2.88 bits per heavy atom. The molecule has 96 valence electrons. The topological polar surface area (TPSA) is 21.3 Å². The number of rotatable bonds is 4. The van der Waals surface area contributed by atoms with Gasteiger partial charge in [-0.25, -0.2) is 0 Å². The molecule has 0 spiro atoms. The van der Waals surface area contributed by atoms with Gasteiger partial charge in [-0.2, -0.15) is 0 Å². The molecule has 2 nitrogen and oxygen atoms in total. The summed E-state index contributed by atoms with van der Waals surface area (Å²) in [6, 6.07) is 2.44. The Balaban J connectivity index is 2.28. The molecule has 0 aliphatic carbocycles. The van der Waals surface area contributed by atoms with Gasteiger partial charge >= 0.3 is 0 Å². The van der Waals surface area contributed by atoms with Crippen LogP contribution in [0.5, 0.6) is 0 Å². The summed E-state index contributed by atoms with van der Waals surface area (Å²) in [5.74, 6) is 0. The van der Waals surface area contributed by atoms with Crippen molar-refractivity contribution in [2.45, 2.75) is 45.3 Å². The molecule has 1 fully saturated rings. The zero-order chi connectivity index (χ0) is 12.5. The van der Waals surface area contributed by atoms with E-state index in [1.807, 2.05) is 0 Å². The molecule has 1 N–H and O–H groups in total. The predicted octanol–water partition coefficient (Wildman–Crippen LogP) is 3.93. The Labute approximate surface area is 112 Å². The zero-order valence-electron chi connectivity index (χ0n) is 10.7. The van der Waals surface area contributed by atoms with Gasteiger partial charge in [0.25, 0.3) is 0 Å². The third-order valence-corrected chi connectivity index (χ3v) is 5.05. The molecular formula is C13H20ClNOS. The Hall–Kier alpha value is -0.0900. The molecule has 0 saturated carbocycles. The predicted molar refractivity (Wildman–Crippen MR) is 74.1 cm³/mol. The number of nitrogens with one attached hydrogen (secondary N) is 1. The number of aryl methyl sites for hydroxylation is 1. The normalized spacial score (nSPS) is 26.4. The van der Waals surface area contributed by atoms with Gasteiger partial charge in [0.2, 0.25) is 0 Å². The van der Waals surface area contributed by atoms with Gasteiger partial charge in [0.15, 0.2) is 0 Å².